The van der Waals surface area contributed by atoms with Crippen molar-refractivity contribution in [2.45, 2.75) is 6.04 Å². The van der Waals surface area contributed by atoms with Gasteiger partial charge in [-0.05, 0) is 53.1 Å². The van der Waals surface area contributed by atoms with Gasteiger partial charge in [0.05, 0.1) is 12.1 Å². The summed E-state index contributed by atoms with van der Waals surface area (Å²) in [4.78, 5) is 2.21. The first kappa shape index (κ1) is 18.6. The number of methoxy groups -OCH3 is 1. The molecule has 1 aliphatic rings. The van der Waals surface area contributed by atoms with Crippen LogP contribution in [0.5, 0.6) is 5.75 Å². The Morgan fingerprint density at radius 1 is 1.21 bits per heavy atom. The topological polar surface area (TPSA) is 37.4 Å². The fourth-order valence-corrected chi connectivity index (χ4v) is 5.08. The first-order chi connectivity index (χ1) is 14.1. The Hall–Kier alpha value is -2.41. The lowest BCUT2D eigenvalue weighted by Crippen LogP contribution is -2.56. The number of nitrogens with one attached hydrogen (secondary N) is 1. The molecule has 1 aromatic heterocycles. The van der Waals surface area contributed by atoms with Gasteiger partial charge in [-0.15, -0.1) is 0 Å². The Balaban J connectivity index is 1.70. The lowest BCUT2D eigenvalue weighted by atomic mass is 9.96. The number of rotatable bonds is 4. The Labute approximate surface area is 177 Å². The van der Waals surface area contributed by atoms with Crippen molar-refractivity contribution in [1.82, 2.24) is 9.69 Å². The number of hydrogen-bond acceptors (Lipinski definition) is 5. The van der Waals surface area contributed by atoms with Gasteiger partial charge in [0.2, 0.25) is 0 Å². The summed E-state index contributed by atoms with van der Waals surface area (Å²) in [6, 6.07) is 13.9. The summed E-state index contributed by atoms with van der Waals surface area (Å²) in [5.74, 6) is 0.269. The van der Waals surface area contributed by atoms with Crippen LogP contribution in [0.2, 0.25) is 5.02 Å². The van der Waals surface area contributed by atoms with E-state index in [4.69, 9.17) is 16.3 Å². The molecule has 0 atom stereocenters. The molecule has 0 amide bonds. The molecule has 3 aromatic carbocycles. The number of hydrogen-bond donors (Lipinski definition) is 1. The Morgan fingerprint density at radius 2 is 2.00 bits per heavy atom. The Kier molecular flexibility index (Phi) is 4.57. The number of likely N-dealkylation sites (N-methyl/N-ethyl adjacent to an activating group) is 1. The monoisotopic (exact) mass is 427 g/mol. The predicted molar refractivity (Wildman–Crippen MR) is 119 cm³/mol. The van der Waals surface area contributed by atoms with E-state index < -0.39 is 0 Å². The molecule has 4 nitrogen and oxygen atoms in total. The zero-order valence-corrected chi connectivity index (χ0v) is 17.6. The number of anilines is 1. The second-order valence-corrected chi connectivity index (χ2v) is 8.38. The van der Waals surface area contributed by atoms with Crippen LogP contribution in [0.4, 0.5) is 9.39 Å². The molecule has 5 rings (SSSR count). The van der Waals surface area contributed by atoms with Gasteiger partial charge in [0, 0.05) is 30.1 Å². The smallest absolute Gasteiger partial charge is 0.159 e. The number of benzene rings is 3. The van der Waals surface area contributed by atoms with Crippen LogP contribution >= 0.6 is 23.1 Å². The molecule has 0 aliphatic carbocycles. The van der Waals surface area contributed by atoms with Crippen LogP contribution in [0, 0.1) is 5.82 Å². The van der Waals surface area contributed by atoms with Crippen molar-refractivity contribution >= 4 is 49.8 Å². The van der Waals surface area contributed by atoms with Crippen LogP contribution in [-0.2, 0) is 0 Å². The number of fused-ring (bicyclic) bond motifs is 2. The van der Waals surface area contributed by atoms with Crippen molar-refractivity contribution in [2.24, 2.45) is 0 Å². The molecule has 4 aromatic rings. The van der Waals surface area contributed by atoms with Gasteiger partial charge >= 0.3 is 0 Å². The molecular weight excluding hydrogens is 409 g/mol. The minimum Gasteiger partial charge on any atom is -0.497 e. The van der Waals surface area contributed by atoms with E-state index in [-0.39, 0.29) is 5.82 Å². The van der Waals surface area contributed by atoms with E-state index in [0.717, 1.165) is 34.2 Å². The zero-order valence-electron chi connectivity index (χ0n) is 16.0. The molecule has 148 valence electrons. The quantitative estimate of drug-likeness (QED) is 0.478. The van der Waals surface area contributed by atoms with Crippen LogP contribution < -0.4 is 15.0 Å². The average molecular weight is 428 g/mol. The van der Waals surface area contributed by atoms with Crippen LogP contribution in [0.3, 0.4) is 0 Å². The third kappa shape index (κ3) is 2.94. The summed E-state index contributed by atoms with van der Waals surface area (Å²) < 4.78 is 25.6. The summed E-state index contributed by atoms with van der Waals surface area (Å²) in [6.45, 7) is 1.77. The molecule has 0 bridgehead atoms. The van der Waals surface area contributed by atoms with Gasteiger partial charge in [-0.2, -0.15) is 4.37 Å². The van der Waals surface area contributed by atoms with E-state index >= 15 is 4.39 Å². The second-order valence-electron chi connectivity index (χ2n) is 7.22. The molecular formula is C22H19ClFN3OS. The van der Waals surface area contributed by atoms with Crippen molar-refractivity contribution in [3.05, 3.63) is 53.3 Å². The molecule has 0 unspecified atom stereocenters. The fourth-order valence-electron chi connectivity index (χ4n) is 3.91. The lowest BCUT2D eigenvalue weighted by molar-refractivity contribution is 0.415. The third-order valence-electron chi connectivity index (χ3n) is 5.56. The van der Waals surface area contributed by atoms with Crippen molar-refractivity contribution < 1.29 is 9.13 Å². The minimum atomic E-state index is -0.390. The Morgan fingerprint density at radius 3 is 2.76 bits per heavy atom. The number of aromatic nitrogens is 1. The summed E-state index contributed by atoms with van der Waals surface area (Å²) in [5, 5.41) is 7.25. The number of ether oxygens (including phenoxy) is 1. The van der Waals surface area contributed by atoms with Gasteiger partial charge in [-0.3, -0.25) is 0 Å². The summed E-state index contributed by atoms with van der Waals surface area (Å²) in [6.07, 6.45) is 0. The minimum absolute atomic E-state index is 0.364. The molecule has 1 aliphatic heterocycles. The van der Waals surface area contributed by atoms with Gasteiger partial charge in [0.1, 0.15) is 16.3 Å². The first-order valence-electron chi connectivity index (χ1n) is 9.37. The predicted octanol–water partition coefficient (Wildman–Crippen LogP) is 5.33. The van der Waals surface area contributed by atoms with Crippen LogP contribution in [0.1, 0.15) is 0 Å². The van der Waals surface area contributed by atoms with E-state index in [1.165, 1.54) is 11.5 Å². The fraction of sp³-hybridized carbons (Fsp3) is 0.227. The second kappa shape index (κ2) is 7.13. The highest BCUT2D eigenvalue weighted by atomic mass is 35.5. The van der Waals surface area contributed by atoms with Gasteiger partial charge in [-0.25, -0.2) is 4.39 Å². The van der Waals surface area contributed by atoms with Gasteiger partial charge in [0.25, 0.3) is 0 Å². The zero-order chi connectivity index (χ0) is 20.1. The maximum Gasteiger partial charge on any atom is 0.159 e. The molecule has 0 saturated carbocycles. The maximum absolute atomic E-state index is 15.7. The molecule has 1 fully saturated rings. The standard InChI is InChI=1S/C22H19ClFN3OS/c1-25-13-10-27(11-13)22-17-9-18(23)19(20(24)21(17)26-29-22)16-8-14(28-2)7-12-5-3-4-6-15(12)16/h3-9,13,25H,10-11H2,1-2H3. The first-order valence-corrected chi connectivity index (χ1v) is 10.5. The summed E-state index contributed by atoms with van der Waals surface area (Å²) in [7, 11) is 3.56. The summed E-state index contributed by atoms with van der Waals surface area (Å²) in [5.41, 5.74) is 1.44. The highest BCUT2D eigenvalue weighted by Gasteiger charge is 2.30. The van der Waals surface area contributed by atoms with Crippen LogP contribution in [-0.4, -0.2) is 37.7 Å². The van der Waals surface area contributed by atoms with E-state index in [2.05, 4.69) is 14.6 Å². The lowest BCUT2D eigenvalue weighted by Gasteiger charge is -2.39. The van der Waals surface area contributed by atoms with E-state index in [1.807, 2.05) is 49.5 Å². The molecule has 1 saturated heterocycles. The Bertz CT molecular complexity index is 1240. The van der Waals surface area contributed by atoms with E-state index in [9.17, 15) is 0 Å². The van der Waals surface area contributed by atoms with E-state index in [1.54, 1.807) is 7.11 Å². The molecule has 1 N–H and O–H groups in total. The molecule has 29 heavy (non-hydrogen) atoms. The summed E-state index contributed by atoms with van der Waals surface area (Å²) >= 11 is 7.98. The molecule has 2 heterocycles. The number of halogens is 2. The highest BCUT2D eigenvalue weighted by Crippen LogP contribution is 2.44. The highest BCUT2D eigenvalue weighted by molar-refractivity contribution is 7.11. The van der Waals surface area contributed by atoms with Gasteiger partial charge < -0.3 is 15.0 Å². The van der Waals surface area contributed by atoms with Crippen molar-refractivity contribution in [3.8, 4) is 16.9 Å². The molecule has 0 spiro atoms. The number of nitrogens with zero attached hydrogens (tertiary/aromatic N) is 2. The van der Waals surface area contributed by atoms with Crippen LogP contribution in [0.25, 0.3) is 32.8 Å². The van der Waals surface area contributed by atoms with Gasteiger partial charge in [0.15, 0.2) is 5.82 Å². The van der Waals surface area contributed by atoms with Gasteiger partial charge in [-0.1, -0.05) is 35.9 Å². The van der Waals surface area contributed by atoms with Crippen molar-refractivity contribution in [2.75, 3.05) is 32.1 Å². The molecule has 7 heteroatoms. The van der Waals surface area contributed by atoms with Crippen LogP contribution in [0.15, 0.2) is 42.5 Å². The van der Waals surface area contributed by atoms with Crippen molar-refractivity contribution in [1.29, 1.82) is 0 Å². The van der Waals surface area contributed by atoms with Crippen molar-refractivity contribution in [3.63, 3.8) is 0 Å². The SMILES string of the molecule is CNC1CN(c2snc3c(F)c(-c4cc(OC)cc5ccccc45)c(Cl)cc23)C1. The third-order valence-corrected chi connectivity index (χ3v) is 6.79. The van der Waals surface area contributed by atoms with E-state index in [0.29, 0.717) is 33.5 Å². The average Bonchev–Trinajstić information content (AvgIpc) is 3.10. The maximum atomic E-state index is 15.7. The normalized spacial score (nSPS) is 14.6. The molecule has 0 radical (unpaired) electrons. The largest absolute Gasteiger partial charge is 0.497 e.